The fourth-order valence-corrected chi connectivity index (χ4v) is 1.39. The van der Waals surface area contributed by atoms with E-state index in [1.54, 1.807) is 39.0 Å². The van der Waals surface area contributed by atoms with Crippen LogP contribution in [0.4, 0.5) is 11.4 Å². The average molecular weight is 316 g/mol. The predicted molar refractivity (Wildman–Crippen MR) is 85.7 cm³/mol. The van der Waals surface area contributed by atoms with Crippen molar-refractivity contribution >= 4 is 35.6 Å². The van der Waals surface area contributed by atoms with E-state index < -0.39 is 5.41 Å². The first-order valence-electron chi connectivity index (χ1n) is 6.25. The Kier molecular flexibility index (Phi) is 7.01. The number of carbonyl (C=O) groups excluding carboxylic acids is 2. The molecule has 0 saturated carbocycles. The van der Waals surface area contributed by atoms with Crippen LogP contribution in [0.25, 0.3) is 0 Å². The molecule has 118 valence electrons. The van der Waals surface area contributed by atoms with Crippen LogP contribution in [0.2, 0.25) is 0 Å². The van der Waals surface area contributed by atoms with E-state index in [0.717, 1.165) is 0 Å². The molecule has 1 rings (SSSR count). The Bertz CT molecular complexity index is 513. The summed E-state index contributed by atoms with van der Waals surface area (Å²) in [6, 6.07) is 4.97. The number of benzene rings is 1. The second-order valence-corrected chi connectivity index (χ2v) is 5.43. The fraction of sp³-hybridized carbons (Fsp3) is 0.429. The molecule has 0 aliphatic heterocycles. The van der Waals surface area contributed by atoms with E-state index >= 15 is 0 Å². The van der Waals surface area contributed by atoms with Gasteiger partial charge in [0.2, 0.25) is 11.8 Å². The van der Waals surface area contributed by atoms with Crippen molar-refractivity contribution in [3.63, 3.8) is 0 Å². The number of amides is 2. The van der Waals surface area contributed by atoms with Gasteiger partial charge < -0.3 is 21.1 Å². The number of hydrogen-bond acceptors (Lipinski definition) is 4. The Morgan fingerprint density at radius 1 is 1.29 bits per heavy atom. The van der Waals surface area contributed by atoms with Crippen LogP contribution >= 0.6 is 12.4 Å². The van der Waals surface area contributed by atoms with Crippen molar-refractivity contribution in [1.29, 1.82) is 0 Å². The number of nitrogens with two attached hydrogens (primary N) is 1. The lowest BCUT2D eigenvalue weighted by Crippen LogP contribution is -2.39. The number of methoxy groups -OCH3 is 1. The zero-order chi connectivity index (χ0) is 15.3. The minimum Gasteiger partial charge on any atom is -0.497 e. The van der Waals surface area contributed by atoms with Crippen LogP contribution in [0, 0.1) is 5.41 Å². The average Bonchev–Trinajstić information content (AvgIpc) is 2.37. The van der Waals surface area contributed by atoms with Crippen LogP contribution in [0.5, 0.6) is 5.75 Å². The molecule has 0 fully saturated rings. The molecular weight excluding hydrogens is 294 g/mol. The van der Waals surface area contributed by atoms with Gasteiger partial charge in [0.15, 0.2) is 0 Å². The number of rotatable bonds is 4. The first kappa shape index (κ1) is 19.1. The molecule has 21 heavy (non-hydrogen) atoms. The van der Waals surface area contributed by atoms with Crippen molar-refractivity contribution < 1.29 is 14.3 Å². The fourth-order valence-electron chi connectivity index (χ4n) is 1.39. The van der Waals surface area contributed by atoms with Gasteiger partial charge in [-0.25, -0.2) is 0 Å². The largest absolute Gasteiger partial charge is 0.497 e. The zero-order valence-electron chi connectivity index (χ0n) is 12.6. The topological polar surface area (TPSA) is 93.4 Å². The monoisotopic (exact) mass is 315 g/mol. The molecule has 1 aromatic carbocycles. The maximum Gasteiger partial charge on any atom is 0.243 e. The molecule has 7 heteroatoms. The van der Waals surface area contributed by atoms with Gasteiger partial charge in [-0.2, -0.15) is 0 Å². The second-order valence-electron chi connectivity index (χ2n) is 5.43. The number of nitrogens with one attached hydrogen (secondary N) is 2. The van der Waals surface area contributed by atoms with Gasteiger partial charge in [0.1, 0.15) is 5.75 Å². The molecule has 0 unspecified atom stereocenters. The van der Waals surface area contributed by atoms with Crippen molar-refractivity contribution in [2.45, 2.75) is 20.8 Å². The van der Waals surface area contributed by atoms with E-state index in [0.29, 0.717) is 17.1 Å². The molecule has 0 aliphatic rings. The van der Waals surface area contributed by atoms with E-state index in [4.69, 9.17) is 10.5 Å². The predicted octanol–water partition coefficient (Wildman–Crippen LogP) is 1.80. The van der Waals surface area contributed by atoms with Gasteiger partial charge >= 0.3 is 0 Å². The first-order valence-corrected chi connectivity index (χ1v) is 6.25. The standard InChI is InChI=1S/C14H21N3O3.ClH/c1-14(2,3)13(19)16-8-12(18)17-11-7-9(20-4)5-6-10(11)15;/h5-7H,8,15H2,1-4H3,(H,16,19)(H,17,18);1H. The maximum atomic E-state index is 11.8. The second kappa shape index (κ2) is 7.73. The van der Waals surface area contributed by atoms with E-state index in [9.17, 15) is 9.59 Å². The number of ether oxygens (including phenoxy) is 1. The molecule has 0 atom stereocenters. The van der Waals surface area contributed by atoms with Gasteiger partial charge in [-0.3, -0.25) is 9.59 Å². The van der Waals surface area contributed by atoms with Crippen LogP contribution in [0.1, 0.15) is 20.8 Å². The van der Waals surface area contributed by atoms with E-state index in [1.165, 1.54) is 7.11 Å². The minimum atomic E-state index is -0.532. The number of nitrogen functional groups attached to an aromatic ring is 1. The highest BCUT2D eigenvalue weighted by Gasteiger charge is 2.21. The van der Waals surface area contributed by atoms with Gasteiger partial charge in [0, 0.05) is 11.5 Å². The minimum absolute atomic E-state index is 0. The van der Waals surface area contributed by atoms with E-state index in [-0.39, 0.29) is 30.8 Å². The molecule has 0 heterocycles. The van der Waals surface area contributed by atoms with Gasteiger partial charge in [0.05, 0.1) is 25.0 Å². The molecule has 0 spiro atoms. The van der Waals surface area contributed by atoms with Gasteiger partial charge in [-0.15, -0.1) is 12.4 Å². The van der Waals surface area contributed by atoms with Crippen molar-refractivity contribution in [3.05, 3.63) is 18.2 Å². The molecule has 0 aliphatic carbocycles. The van der Waals surface area contributed by atoms with Crippen LogP contribution < -0.4 is 21.1 Å². The summed E-state index contributed by atoms with van der Waals surface area (Å²) in [6.45, 7) is 5.23. The lowest BCUT2D eigenvalue weighted by Gasteiger charge is -2.17. The molecule has 2 amide bonds. The Labute approximate surface area is 130 Å². The van der Waals surface area contributed by atoms with Crippen molar-refractivity contribution in [3.8, 4) is 5.75 Å². The summed E-state index contributed by atoms with van der Waals surface area (Å²) in [5, 5.41) is 5.20. The summed E-state index contributed by atoms with van der Waals surface area (Å²) < 4.78 is 5.06. The third-order valence-electron chi connectivity index (χ3n) is 2.63. The molecule has 1 aromatic rings. The van der Waals surface area contributed by atoms with Crippen LogP contribution in [-0.2, 0) is 9.59 Å². The molecule has 4 N–H and O–H groups in total. The third-order valence-corrected chi connectivity index (χ3v) is 2.63. The summed E-state index contributed by atoms with van der Waals surface area (Å²) >= 11 is 0. The highest BCUT2D eigenvalue weighted by molar-refractivity contribution is 5.97. The highest BCUT2D eigenvalue weighted by atomic mass is 35.5. The summed E-state index contributed by atoms with van der Waals surface area (Å²) in [5.74, 6) is 0.0574. The number of hydrogen-bond donors (Lipinski definition) is 3. The zero-order valence-corrected chi connectivity index (χ0v) is 13.5. The first-order chi connectivity index (χ1) is 9.24. The van der Waals surface area contributed by atoms with E-state index in [2.05, 4.69) is 10.6 Å². The lowest BCUT2D eigenvalue weighted by atomic mass is 9.96. The molecule has 6 nitrogen and oxygen atoms in total. The summed E-state index contributed by atoms with van der Waals surface area (Å²) in [6.07, 6.45) is 0. The number of carbonyl (C=O) groups is 2. The summed E-state index contributed by atoms with van der Waals surface area (Å²) in [7, 11) is 1.53. The molecule has 0 radical (unpaired) electrons. The molecule has 0 saturated heterocycles. The number of anilines is 2. The Morgan fingerprint density at radius 2 is 1.90 bits per heavy atom. The third kappa shape index (κ3) is 5.91. The molecule has 0 aromatic heterocycles. The Morgan fingerprint density at radius 3 is 2.43 bits per heavy atom. The summed E-state index contributed by atoms with van der Waals surface area (Å²) in [5.41, 5.74) is 6.12. The van der Waals surface area contributed by atoms with Gasteiger partial charge in [-0.1, -0.05) is 20.8 Å². The number of halogens is 1. The quantitative estimate of drug-likeness (QED) is 0.739. The Hall–Kier alpha value is -1.95. The van der Waals surface area contributed by atoms with Crippen molar-refractivity contribution in [2.75, 3.05) is 24.7 Å². The van der Waals surface area contributed by atoms with Gasteiger partial charge in [-0.05, 0) is 12.1 Å². The van der Waals surface area contributed by atoms with Crippen molar-refractivity contribution in [2.24, 2.45) is 5.41 Å². The molecular formula is C14H22ClN3O3. The van der Waals surface area contributed by atoms with E-state index in [1.807, 2.05) is 0 Å². The van der Waals surface area contributed by atoms with Crippen LogP contribution in [-0.4, -0.2) is 25.5 Å². The highest BCUT2D eigenvalue weighted by Crippen LogP contribution is 2.24. The van der Waals surface area contributed by atoms with Gasteiger partial charge in [0.25, 0.3) is 0 Å². The normalized spacial score (nSPS) is 10.3. The summed E-state index contributed by atoms with van der Waals surface area (Å²) in [4.78, 5) is 23.4. The smallest absolute Gasteiger partial charge is 0.243 e. The molecule has 0 bridgehead atoms. The van der Waals surface area contributed by atoms with Crippen LogP contribution in [0.3, 0.4) is 0 Å². The lowest BCUT2D eigenvalue weighted by molar-refractivity contribution is -0.130. The Balaban J connectivity index is 0.00000400. The van der Waals surface area contributed by atoms with Crippen molar-refractivity contribution in [1.82, 2.24) is 5.32 Å². The van der Waals surface area contributed by atoms with Crippen LogP contribution in [0.15, 0.2) is 18.2 Å². The SMILES string of the molecule is COc1ccc(N)c(NC(=O)CNC(=O)C(C)(C)C)c1.Cl. The maximum absolute atomic E-state index is 11.8.